The molecule has 0 radical (unpaired) electrons. The summed E-state index contributed by atoms with van der Waals surface area (Å²) in [6.45, 7) is 3.00. The summed E-state index contributed by atoms with van der Waals surface area (Å²) in [6, 6.07) is 9.99. The second kappa shape index (κ2) is 6.24. The maximum atomic E-state index is 12.5. The SMILES string of the molecule is CCC1CCCCN1C(=O)C(Cl)c1ccccc1. The van der Waals surface area contributed by atoms with Crippen LogP contribution in [0.15, 0.2) is 30.3 Å². The molecular weight excluding hydrogens is 246 g/mol. The van der Waals surface area contributed by atoms with Gasteiger partial charge in [0.15, 0.2) is 0 Å². The molecule has 2 nitrogen and oxygen atoms in total. The Hall–Kier alpha value is -1.02. The number of carbonyl (C=O) groups is 1. The van der Waals surface area contributed by atoms with Gasteiger partial charge in [-0.05, 0) is 31.2 Å². The summed E-state index contributed by atoms with van der Waals surface area (Å²) in [4.78, 5) is 14.4. The lowest BCUT2D eigenvalue weighted by Crippen LogP contribution is -2.44. The number of halogens is 1. The number of likely N-dealkylation sites (tertiary alicyclic amines) is 1. The Kier molecular flexibility index (Phi) is 4.65. The number of carbonyl (C=O) groups excluding carboxylic acids is 1. The van der Waals surface area contributed by atoms with Crippen molar-refractivity contribution in [1.82, 2.24) is 4.90 Å². The van der Waals surface area contributed by atoms with Crippen LogP contribution in [-0.4, -0.2) is 23.4 Å². The van der Waals surface area contributed by atoms with Crippen LogP contribution in [-0.2, 0) is 4.79 Å². The molecule has 1 aliphatic rings. The van der Waals surface area contributed by atoms with E-state index in [9.17, 15) is 4.79 Å². The van der Waals surface area contributed by atoms with Crippen LogP contribution in [0.4, 0.5) is 0 Å². The molecule has 2 unspecified atom stereocenters. The highest BCUT2D eigenvalue weighted by atomic mass is 35.5. The molecule has 0 N–H and O–H groups in total. The van der Waals surface area contributed by atoms with Crippen molar-refractivity contribution in [3.8, 4) is 0 Å². The highest BCUT2D eigenvalue weighted by molar-refractivity contribution is 6.30. The summed E-state index contributed by atoms with van der Waals surface area (Å²) < 4.78 is 0. The number of alkyl halides is 1. The van der Waals surface area contributed by atoms with Crippen LogP contribution in [0.25, 0.3) is 0 Å². The van der Waals surface area contributed by atoms with E-state index in [2.05, 4.69) is 6.92 Å². The highest BCUT2D eigenvalue weighted by Crippen LogP contribution is 2.27. The zero-order valence-corrected chi connectivity index (χ0v) is 11.6. The summed E-state index contributed by atoms with van der Waals surface area (Å²) in [6.07, 6.45) is 4.45. The number of rotatable bonds is 3. The molecule has 1 heterocycles. The van der Waals surface area contributed by atoms with Crippen LogP contribution in [0.3, 0.4) is 0 Å². The summed E-state index contributed by atoms with van der Waals surface area (Å²) in [5.41, 5.74) is 0.893. The van der Waals surface area contributed by atoms with E-state index in [0.29, 0.717) is 6.04 Å². The van der Waals surface area contributed by atoms with Gasteiger partial charge in [0.25, 0.3) is 0 Å². The van der Waals surface area contributed by atoms with Crippen LogP contribution < -0.4 is 0 Å². The smallest absolute Gasteiger partial charge is 0.245 e. The van der Waals surface area contributed by atoms with E-state index < -0.39 is 5.38 Å². The first-order chi connectivity index (χ1) is 8.74. The predicted molar refractivity (Wildman–Crippen MR) is 74.7 cm³/mol. The lowest BCUT2D eigenvalue weighted by Gasteiger charge is -2.36. The summed E-state index contributed by atoms with van der Waals surface area (Å²) in [5.74, 6) is 0.0643. The predicted octanol–water partition coefficient (Wildman–Crippen LogP) is 3.76. The minimum atomic E-state index is -0.543. The van der Waals surface area contributed by atoms with Crippen LogP contribution >= 0.6 is 11.6 Å². The zero-order chi connectivity index (χ0) is 13.0. The lowest BCUT2D eigenvalue weighted by atomic mass is 9.99. The maximum Gasteiger partial charge on any atom is 0.245 e. The van der Waals surface area contributed by atoms with E-state index in [0.717, 1.165) is 31.4 Å². The van der Waals surface area contributed by atoms with E-state index in [-0.39, 0.29) is 5.91 Å². The molecule has 18 heavy (non-hydrogen) atoms. The monoisotopic (exact) mass is 265 g/mol. The van der Waals surface area contributed by atoms with Crippen molar-refractivity contribution >= 4 is 17.5 Å². The molecule has 2 rings (SSSR count). The van der Waals surface area contributed by atoms with Gasteiger partial charge in [-0.1, -0.05) is 37.3 Å². The molecule has 2 atom stereocenters. The molecule has 0 saturated carbocycles. The topological polar surface area (TPSA) is 20.3 Å². The minimum Gasteiger partial charge on any atom is -0.338 e. The fraction of sp³-hybridized carbons (Fsp3) is 0.533. The minimum absolute atomic E-state index is 0.0643. The van der Waals surface area contributed by atoms with Gasteiger partial charge >= 0.3 is 0 Å². The second-order valence-corrected chi connectivity index (χ2v) is 5.30. The van der Waals surface area contributed by atoms with Gasteiger partial charge in [-0.3, -0.25) is 4.79 Å². The van der Waals surface area contributed by atoms with Gasteiger partial charge in [-0.25, -0.2) is 0 Å². The van der Waals surface area contributed by atoms with Crippen molar-refractivity contribution < 1.29 is 4.79 Å². The normalized spacial score (nSPS) is 21.7. The molecule has 1 aliphatic heterocycles. The quantitative estimate of drug-likeness (QED) is 0.762. The van der Waals surface area contributed by atoms with Crippen molar-refractivity contribution in [3.63, 3.8) is 0 Å². The van der Waals surface area contributed by atoms with Crippen molar-refractivity contribution in [2.45, 2.75) is 44.0 Å². The number of benzene rings is 1. The fourth-order valence-electron chi connectivity index (χ4n) is 2.63. The molecule has 1 saturated heterocycles. The van der Waals surface area contributed by atoms with Crippen LogP contribution in [0.2, 0.25) is 0 Å². The number of hydrogen-bond acceptors (Lipinski definition) is 1. The second-order valence-electron chi connectivity index (χ2n) is 4.86. The fourth-order valence-corrected chi connectivity index (χ4v) is 2.90. The van der Waals surface area contributed by atoms with Crippen LogP contribution in [0.5, 0.6) is 0 Å². The molecule has 0 spiro atoms. The van der Waals surface area contributed by atoms with E-state index in [4.69, 9.17) is 11.6 Å². The third-order valence-corrected chi connectivity index (χ3v) is 4.13. The maximum absolute atomic E-state index is 12.5. The van der Waals surface area contributed by atoms with Crippen molar-refractivity contribution in [3.05, 3.63) is 35.9 Å². The van der Waals surface area contributed by atoms with E-state index in [1.165, 1.54) is 6.42 Å². The Balaban J connectivity index is 2.10. The molecule has 0 aliphatic carbocycles. The summed E-state index contributed by atoms with van der Waals surface area (Å²) in [5, 5.41) is -0.543. The Labute approximate surface area is 114 Å². The molecule has 1 aromatic rings. The van der Waals surface area contributed by atoms with Gasteiger partial charge in [-0.2, -0.15) is 0 Å². The molecule has 0 bridgehead atoms. The van der Waals surface area contributed by atoms with Gasteiger partial charge in [0.05, 0.1) is 0 Å². The molecule has 98 valence electrons. The van der Waals surface area contributed by atoms with Gasteiger partial charge in [0.2, 0.25) is 5.91 Å². The first-order valence-corrected chi connectivity index (χ1v) is 7.17. The molecule has 0 aromatic heterocycles. The Bertz CT molecular complexity index is 393. The number of nitrogens with zero attached hydrogens (tertiary/aromatic N) is 1. The van der Waals surface area contributed by atoms with E-state index >= 15 is 0 Å². The zero-order valence-electron chi connectivity index (χ0n) is 10.8. The Morgan fingerprint density at radius 1 is 1.39 bits per heavy atom. The Morgan fingerprint density at radius 3 is 2.78 bits per heavy atom. The van der Waals surface area contributed by atoms with Crippen LogP contribution in [0.1, 0.15) is 43.5 Å². The van der Waals surface area contributed by atoms with Gasteiger partial charge in [0.1, 0.15) is 5.38 Å². The van der Waals surface area contributed by atoms with Crippen molar-refractivity contribution in [2.75, 3.05) is 6.54 Å². The van der Waals surface area contributed by atoms with Gasteiger partial charge in [0, 0.05) is 12.6 Å². The number of piperidine rings is 1. The molecular formula is C15H20ClNO. The summed E-state index contributed by atoms with van der Waals surface area (Å²) >= 11 is 6.32. The van der Waals surface area contributed by atoms with Crippen LogP contribution in [0, 0.1) is 0 Å². The van der Waals surface area contributed by atoms with Crippen molar-refractivity contribution in [2.24, 2.45) is 0 Å². The molecule has 1 fully saturated rings. The van der Waals surface area contributed by atoms with E-state index in [1.54, 1.807) is 0 Å². The number of amides is 1. The molecule has 1 amide bonds. The average molecular weight is 266 g/mol. The van der Waals surface area contributed by atoms with Gasteiger partial charge < -0.3 is 4.90 Å². The Morgan fingerprint density at radius 2 is 2.11 bits per heavy atom. The lowest BCUT2D eigenvalue weighted by molar-refractivity contribution is -0.134. The first kappa shape index (κ1) is 13.4. The third kappa shape index (κ3) is 2.86. The largest absolute Gasteiger partial charge is 0.338 e. The van der Waals surface area contributed by atoms with Crippen molar-refractivity contribution in [1.29, 1.82) is 0 Å². The molecule has 1 aromatic carbocycles. The summed E-state index contributed by atoms with van der Waals surface area (Å²) in [7, 11) is 0. The third-order valence-electron chi connectivity index (χ3n) is 3.69. The van der Waals surface area contributed by atoms with Gasteiger partial charge in [-0.15, -0.1) is 11.6 Å². The number of hydrogen-bond donors (Lipinski definition) is 0. The standard InChI is InChI=1S/C15H20ClNO/c1-2-13-10-6-7-11-17(13)15(18)14(16)12-8-4-3-5-9-12/h3-5,8-9,13-14H,2,6-7,10-11H2,1H3. The van der Waals surface area contributed by atoms with E-state index in [1.807, 2.05) is 35.2 Å². The first-order valence-electron chi connectivity index (χ1n) is 6.73. The highest BCUT2D eigenvalue weighted by Gasteiger charge is 2.30. The molecule has 3 heteroatoms. The average Bonchev–Trinajstić information content (AvgIpc) is 2.46.